The van der Waals surface area contributed by atoms with Gasteiger partial charge in [0, 0.05) is 11.4 Å². The van der Waals surface area contributed by atoms with Crippen molar-refractivity contribution in [1.82, 2.24) is 0 Å². The molecule has 0 saturated carbocycles. The van der Waals surface area contributed by atoms with Gasteiger partial charge in [-0.15, -0.1) is 11.8 Å². The van der Waals surface area contributed by atoms with Gasteiger partial charge in [0.05, 0.1) is 10.9 Å². The third-order valence-electron chi connectivity index (χ3n) is 2.56. The largest absolute Gasteiger partial charge is 0.274 e. The molecule has 90 valence electrons. The van der Waals surface area contributed by atoms with E-state index in [9.17, 15) is 9.59 Å². The predicted octanol–water partition coefficient (Wildman–Crippen LogP) is 2.73. The molecule has 0 N–H and O–H groups in total. The van der Waals surface area contributed by atoms with Crippen LogP contribution in [-0.4, -0.2) is 22.8 Å². The average molecular weight is 270 g/mol. The highest BCUT2D eigenvalue weighted by Crippen LogP contribution is 2.29. The second-order valence-electron chi connectivity index (χ2n) is 3.69. The van der Waals surface area contributed by atoms with Gasteiger partial charge in [-0.25, -0.2) is 4.90 Å². The van der Waals surface area contributed by atoms with Crippen LogP contribution < -0.4 is 4.90 Å². The molecule has 1 aliphatic rings. The van der Waals surface area contributed by atoms with Crippen LogP contribution in [0.15, 0.2) is 24.3 Å². The van der Waals surface area contributed by atoms with E-state index in [-0.39, 0.29) is 17.1 Å². The second kappa shape index (κ2) is 5.10. The first-order valence-corrected chi connectivity index (χ1v) is 6.80. The van der Waals surface area contributed by atoms with Crippen molar-refractivity contribution in [3.05, 3.63) is 29.3 Å². The first-order valence-electron chi connectivity index (χ1n) is 5.37. The smallest absolute Gasteiger partial charge is 0.247 e. The summed E-state index contributed by atoms with van der Waals surface area (Å²) in [7, 11) is 0. The van der Waals surface area contributed by atoms with Crippen molar-refractivity contribution in [2.24, 2.45) is 0 Å². The third-order valence-corrected chi connectivity index (χ3v) is 3.91. The van der Waals surface area contributed by atoms with Crippen molar-refractivity contribution in [2.75, 3.05) is 10.7 Å². The SMILES string of the molecule is CCSC1CC(=O)N(c2ccc(Cl)cc2)C1=O. The maximum absolute atomic E-state index is 12.0. The molecule has 0 radical (unpaired) electrons. The number of imide groups is 1. The van der Waals surface area contributed by atoms with Crippen molar-refractivity contribution in [2.45, 2.75) is 18.6 Å². The van der Waals surface area contributed by atoms with Gasteiger partial charge < -0.3 is 0 Å². The minimum Gasteiger partial charge on any atom is -0.274 e. The summed E-state index contributed by atoms with van der Waals surface area (Å²) in [6.07, 6.45) is 0.292. The van der Waals surface area contributed by atoms with Crippen LogP contribution in [0, 0.1) is 0 Å². The van der Waals surface area contributed by atoms with E-state index in [4.69, 9.17) is 11.6 Å². The molecular weight excluding hydrogens is 258 g/mol. The topological polar surface area (TPSA) is 37.4 Å². The van der Waals surface area contributed by atoms with Crippen molar-refractivity contribution in [3.63, 3.8) is 0 Å². The van der Waals surface area contributed by atoms with Gasteiger partial charge >= 0.3 is 0 Å². The van der Waals surface area contributed by atoms with E-state index in [0.717, 1.165) is 5.75 Å². The quantitative estimate of drug-likeness (QED) is 0.792. The fourth-order valence-corrected chi connectivity index (χ4v) is 2.83. The zero-order chi connectivity index (χ0) is 12.4. The summed E-state index contributed by atoms with van der Waals surface area (Å²) in [6.45, 7) is 1.98. The number of thioether (sulfide) groups is 1. The molecule has 5 heteroatoms. The molecule has 0 bridgehead atoms. The van der Waals surface area contributed by atoms with Gasteiger partial charge in [0.2, 0.25) is 11.8 Å². The van der Waals surface area contributed by atoms with E-state index in [1.165, 1.54) is 16.7 Å². The standard InChI is InChI=1S/C12H12ClNO2S/c1-2-17-10-7-11(15)14(12(10)16)9-5-3-8(13)4-6-9/h3-6,10H,2,7H2,1H3. The van der Waals surface area contributed by atoms with Crippen LogP contribution in [-0.2, 0) is 9.59 Å². The number of halogens is 1. The second-order valence-corrected chi connectivity index (χ2v) is 5.61. The van der Waals surface area contributed by atoms with Crippen LogP contribution in [0.2, 0.25) is 5.02 Å². The first kappa shape index (κ1) is 12.5. The van der Waals surface area contributed by atoms with Crippen molar-refractivity contribution in [1.29, 1.82) is 0 Å². The number of benzene rings is 1. The molecule has 1 aromatic carbocycles. The first-order chi connectivity index (χ1) is 8.13. The van der Waals surface area contributed by atoms with Gasteiger partial charge in [-0.1, -0.05) is 18.5 Å². The van der Waals surface area contributed by atoms with Gasteiger partial charge in [-0.3, -0.25) is 9.59 Å². The maximum atomic E-state index is 12.0. The highest BCUT2D eigenvalue weighted by atomic mass is 35.5. The number of anilines is 1. The fourth-order valence-electron chi connectivity index (χ4n) is 1.80. The van der Waals surface area contributed by atoms with Gasteiger partial charge in [0.25, 0.3) is 0 Å². The summed E-state index contributed by atoms with van der Waals surface area (Å²) in [4.78, 5) is 25.1. The molecule has 0 aromatic heterocycles. The van der Waals surface area contributed by atoms with E-state index in [1.807, 2.05) is 6.92 Å². The Bertz CT molecular complexity index is 446. The lowest BCUT2D eigenvalue weighted by molar-refractivity contribution is -0.121. The van der Waals surface area contributed by atoms with Crippen LogP contribution in [0.3, 0.4) is 0 Å². The Kier molecular flexibility index (Phi) is 3.74. The number of nitrogens with zero attached hydrogens (tertiary/aromatic N) is 1. The molecule has 1 fully saturated rings. The number of carbonyl (C=O) groups is 2. The van der Waals surface area contributed by atoms with E-state index < -0.39 is 0 Å². The van der Waals surface area contributed by atoms with Gasteiger partial charge in [0.15, 0.2) is 0 Å². The van der Waals surface area contributed by atoms with Crippen molar-refractivity contribution in [3.8, 4) is 0 Å². The Morgan fingerprint density at radius 2 is 2.00 bits per heavy atom. The summed E-state index contributed by atoms with van der Waals surface area (Å²) < 4.78 is 0. The Hall–Kier alpha value is -1.00. The van der Waals surface area contributed by atoms with E-state index in [1.54, 1.807) is 24.3 Å². The summed E-state index contributed by atoms with van der Waals surface area (Å²) in [5.41, 5.74) is 0.601. The molecule has 1 unspecified atom stereocenters. The molecule has 1 heterocycles. The number of rotatable bonds is 3. The molecule has 0 aliphatic carbocycles. The molecular formula is C12H12ClNO2S. The van der Waals surface area contributed by atoms with Crippen LogP contribution >= 0.6 is 23.4 Å². The van der Waals surface area contributed by atoms with Gasteiger partial charge in [0.1, 0.15) is 0 Å². The fraction of sp³-hybridized carbons (Fsp3) is 0.333. The highest BCUT2D eigenvalue weighted by Gasteiger charge is 2.39. The zero-order valence-electron chi connectivity index (χ0n) is 9.35. The van der Waals surface area contributed by atoms with Crippen LogP contribution in [0.5, 0.6) is 0 Å². The Morgan fingerprint density at radius 1 is 1.35 bits per heavy atom. The van der Waals surface area contributed by atoms with Crippen molar-refractivity contribution < 1.29 is 9.59 Å². The lowest BCUT2D eigenvalue weighted by Gasteiger charge is -2.14. The number of amides is 2. The maximum Gasteiger partial charge on any atom is 0.247 e. The average Bonchev–Trinajstić information content (AvgIpc) is 2.57. The molecule has 1 aliphatic heterocycles. The molecule has 1 saturated heterocycles. The summed E-state index contributed by atoms with van der Waals surface area (Å²) in [5, 5.41) is 0.357. The van der Waals surface area contributed by atoms with Crippen LogP contribution in [0.1, 0.15) is 13.3 Å². The number of hydrogen-bond acceptors (Lipinski definition) is 3. The molecule has 1 aromatic rings. The van der Waals surface area contributed by atoms with Gasteiger partial charge in [-0.05, 0) is 30.0 Å². The number of carbonyl (C=O) groups excluding carboxylic acids is 2. The third kappa shape index (κ3) is 2.48. The molecule has 2 rings (SSSR count). The highest BCUT2D eigenvalue weighted by molar-refractivity contribution is 8.00. The minimum atomic E-state index is -0.233. The minimum absolute atomic E-state index is 0.121. The summed E-state index contributed by atoms with van der Waals surface area (Å²) in [5.74, 6) is 0.574. The summed E-state index contributed by atoms with van der Waals surface area (Å²) >= 11 is 7.29. The Morgan fingerprint density at radius 3 is 2.59 bits per heavy atom. The van der Waals surface area contributed by atoms with Crippen molar-refractivity contribution >= 4 is 40.9 Å². The van der Waals surface area contributed by atoms with Crippen LogP contribution in [0.25, 0.3) is 0 Å². The number of hydrogen-bond donors (Lipinski definition) is 0. The molecule has 0 spiro atoms. The molecule has 2 amide bonds. The summed E-state index contributed by atoms with van der Waals surface area (Å²) in [6, 6.07) is 6.74. The monoisotopic (exact) mass is 269 g/mol. The Labute approximate surface area is 109 Å². The van der Waals surface area contributed by atoms with Crippen LogP contribution in [0.4, 0.5) is 5.69 Å². The zero-order valence-corrected chi connectivity index (χ0v) is 10.9. The Balaban J connectivity index is 2.24. The lowest BCUT2D eigenvalue weighted by atomic mass is 10.3. The van der Waals surface area contributed by atoms with Gasteiger partial charge in [-0.2, -0.15) is 0 Å². The van der Waals surface area contributed by atoms with E-state index >= 15 is 0 Å². The lowest BCUT2D eigenvalue weighted by Crippen LogP contribution is -2.31. The predicted molar refractivity (Wildman–Crippen MR) is 70.5 cm³/mol. The molecule has 3 nitrogen and oxygen atoms in total. The molecule has 1 atom stereocenters. The van der Waals surface area contributed by atoms with E-state index in [0.29, 0.717) is 17.1 Å². The molecule has 17 heavy (non-hydrogen) atoms. The normalized spacial score (nSPS) is 20.1. The van der Waals surface area contributed by atoms with E-state index in [2.05, 4.69) is 0 Å².